The zero-order chi connectivity index (χ0) is 7.82. The Labute approximate surface area is 59.1 Å². The molecule has 0 bridgehead atoms. The second-order valence-electron chi connectivity index (χ2n) is 1.40. The summed E-state index contributed by atoms with van der Waals surface area (Å²) in [7, 11) is 0. The molecule has 0 rings (SSSR count). The standard InChI is InChI=1S/C6H10O4/c1-2-9-4-3-5-10-6(7)8/h3-4H,2,5H2,1H3,(H,7,8). The molecule has 0 atom stereocenters. The van der Waals surface area contributed by atoms with Gasteiger partial charge in [-0.25, -0.2) is 4.79 Å². The van der Waals surface area contributed by atoms with Crippen LogP contribution in [0.5, 0.6) is 0 Å². The van der Waals surface area contributed by atoms with Gasteiger partial charge in [0.1, 0.15) is 6.61 Å². The minimum Gasteiger partial charge on any atom is -0.502 e. The maximum Gasteiger partial charge on any atom is 0.506 e. The first-order valence-corrected chi connectivity index (χ1v) is 2.89. The maximum absolute atomic E-state index is 9.74. The molecule has 0 aromatic carbocycles. The number of hydrogen-bond donors (Lipinski definition) is 1. The molecule has 0 radical (unpaired) electrons. The zero-order valence-corrected chi connectivity index (χ0v) is 5.74. The lowest BCUT2D eigenvalue weighted by atomic mass is 10.7. The van der Waals surface area contributed by atoms with Gasteiger partial charge in [-0.2, -0.15) is 0 Å². The molecule has 0 saturated carbocycles. The third-order valence-electron chi connectivity index (χ3n) is 0.662. The van der Waals surface area contributed by atoms with E-state index in [9.17, 15) is 4.79 Å². The molecule has 0 aliphatic rings. The number of rotatable bonds is 4. The fourth-order valence-electron chi connectivity index (χ4n) is 0.323. The molecule has 0 aliphatic carbocycles. The van der Waals surface area contributed by atoms with Crippen molar-refractivity contribution in [3.63, 3.8) is 0 Å². The molecule has 58 valence electrons. The molecule has 4 nitrogen and oxygen atoms in total. The van der Waals surface area contributed by atoms with Gasteiger partial charge in [-0.1, -0.05) is 0 Å². The Kier molecular flexibility index (Phi) is 5.23. The Morgan fingerprint density at radius 3 is 2.90 bits per heavy atom. The minimum atomic E-state index is -1.28. The van der Waals surface area contributed by atoms with E-state index in [0.717, 1.165) is 0 Å². The van der Waals surface area contributed by atoms with Gasteiger partial charge in [0, 0.05) is 0 Å². The van der Waals surface area contributed by atoms with Crippen LogP contribution < -0.4 is 0 Å². The highest BCUT2D eigenvalue weighted by Crippen LogP contribution is 1.80. The lowest BCUT2D eigenvalue weighted by molar-refractivity contribution is 0.101. The van der Waals surface area contributed by atoms with Crippen molar-refractivity contribution in [2.24, 2.45) is 0 Å². The van der Waals surface area contributed by atoms with Gasteiger partial charge in [0.2, 0.25) is 0 Å². The van der Waals surface area contributed by atoms with Crippen LogP contribution in [0.1, 0.15) is 6.92 Å². The van der Waals surface area contributed by atoms with Crippen molar-refractivity contribution in [3.05, 3.63) is 12.3 Å². The first kappa shape index (κ1) is 8.81. The van der Waals surface area contributed by atoms with E-state index in [2.05, 4.69) is 4.74 Å². The normalized spacial score (nSPS) is 9.70. The van der Waals surface area contributed by atoms with Crippen molar-refractivity contribution in [1.29, 1.82) is 0 Å². The van der Waals surface area contributed by atoms with Crippen molar-refractivity contribution in [1.82, 2.24) is 0 Å². The molecule has 0 aromatic rings. The first-order valence-electron chi connectivity index (χ1n) is 2.89. The molecule has 0 amide bonds. The van der Waals surface area contributed by atoms with E-state index in [4.69, 9.17) is 9.84 Å². The molecule has 1 N–H and O–H groups in total. The van der Waals surface area contributed by atoms with E-state index >= 15 is 0 Å². The van der Waals surface area contributed by atoms with Gasteiger partial charge in [-0.3, -0.25) is 0 Å². The van der Waals surface area contributed by atoms with Gasteiger partial charge < -0.3 is 14.6 Å². The molecule has 0 aliphatic heterocycles. The van der Waals surface area contributed by atoms with Crippen LogP contribution in [0.15, 0.2) is 12.3 Å². The van der Waals surface area contributed by atoms with Gasteiger partial charge in [0.05, 0.1) is 12.9 Å². The summed E-state index contributed by atoms with van der Waals surface area (Å²) in [4.78, 5) is 9.74. The average molecular weight is 146 g/mol. The van der Waals surface area contributed by atoms with Gasteiger partial charge in [0.15, 0.2) is 0 Å². The Bertz CT molecular complexity index is 119. The minimum absolute atomic E-state index is 0.0370. The molecule has 4 heteroatoms. The van der Waals surface area contributed by atoms with Crippen LogP contribution in [0.3, 0.4) is 0 Å². The maximum atomic E-state index is 9.74. The topological polar surface area (TPSA) is 55.8 Å². The summed E-state index contributed by atoms with van der Waals surface area (Å²) >= 11 is 0. The lowest BCUT2D eigenvalue weighted by Gasteiger charge is -1.93. The molecule has 0 fully saturated rings. The molecule has 10 heavy (non-hydrogen) atoms. The monoisotopic (exact) mass is 146 g/mol. The van der Waals surface area contributed by atoms with E-state index in [-0.39, 0.29) is 6.61 Å². The van der Waals surface area contributed by atoms with E-state index in [1.807, 2.05) is 6.92 Å². The Morgan fingerprint density at radius 2 is 2.40 bits per heavy atom. The summed E-state index contributed by atoms with van der Waals surface area (Å²) in [6.07, 6.45) is 1.61. The highest BCUT2D eigenvalue weighted by molar-refractivity contribution is 5.56. The van der Waals surface area contributed by atoms with Crippen LogP contribution in [0, 0.1) is 0 Å². The van der Waals surface area contributed by atoms with Gasteiger partial charge >= 0.3 is 6.16 Å². The van der Waals surface area contributed by atoms with Crippen molar-refractivity contribution >= 4 is 6.16 Å². The van der Waals surface area contributed by atoms with Crippen molar-refractivity contribution < 1.29 is 19.4 Å². The molecular weight excluding hydrogens is 136 g/mol. The molecule has 0 saturated heterocycles. The molecule has 0 unspecified atom stereocenters. The number of hydrogen-bond acceptors (Lipinski definition) is 3. The predicted octanol–water partition coefficient (Wildman–Crippen LogP) is 1.23. The van der Waals surface area contributed by atoms with Crippen LogP contribution in [0.4, 0.5) is 4.79 Å². The largest absolute Gasteiger partial charge is 0.506 e. The van der Waals surface area contributed by atoms with E-state index in [0.29, 0.717) is 6.61 Å². The number of carbonyl (C=O) groups is 1. The highest BCUT2D eigenvalue weighted by Gasteiger charge is 1.89. The van der Waals surface area contributed by atoms with Crippen molar-refractivity contribution in [3.8, 4) is 0 Å². The van der Waals surface area contributed by atoms with Crippen LogP contribution in [0.2, 0.25) is 0 Å². The predicted molar refractivity (Wildman–Crippen MR) is 34.7 cm³/mol. The summed E-state index contributed by atoms with van der Waals surface area (Å²) in [5.74, 6) is 0. The van der Waals surface area contributed by atoms with Crippen molar-refractivity contribution in [2.45, 2.75) is 6.92 Å². The number of ether oxygens (including phenoxy) is 2. The summed E-state index contributed by atoms with van der Waals surface area (Å²) in [6, 6.07) is 0. The SMILES string of the molecule is CCOC=CCOC(=O)O. The molecular formula is C6H10O4. The van der Waals surface area contributed by atoms with Gasteiger partial charge in [-0.15, -0.1) is 0 Å². The van der Waals surface area contributed by atoms with Crippen LogP contribution in [-0.4, -0.2) is 24.5 Å². The van der Waals surface area contributed by atoms with Crippen LogP contribution >= 0.6 is 0 Å². The first-order chi connectivity index (χ1) is 4.77. The number of carboxylic acid groups (broad SMARTS) is 1. The van der Waals surface area contributed by atoms with Gasteiger partial charge in [-0.05, 0) is 13.0 Å². The molecule has 0 heterocycles. The average Bonchev–Trinajstić information content (AvgIpc) is 1.87. The molecule has 0 aromatic heterocycles. The van der Waals surface area contributed by atoms with Crippen molar-refractivity contribution in [2.75, 3.05) is 13.2 Å². The van der Waals surface area contributed by atoms with Crippen LogP contribution in [-0.2, 0) is 9.47 Å². The highest BCUT2D eigenvalue weighted by atomic mass is 16.7. The third kappa shape index (κ3) is 6.81. The van der Waals surface area contributed by atoms with Crippen LogP contribution in [0.25, 0.3) is 0 Å². The van der Waals surface area contributed by atoms with Gasteiger partial charge in [0.25, 0.3) is 0 Å². The lowest BCUT2D eigenvalue weighted by Crippen LogP contribution is -1.99. The fraction of sp³-hybridized carbons (Fsp3) is 0.500. The second-order valence-corrected chi connectivity index (χ2v) is 1.40. The zero-order valence-electron chi connectivity index (χ0n) is 5.74. The Balaban J connectivity index is 3.10. The Morgan fingerprint density at radius 1 is 1.70 bits per heavy atom. The molecule has 0 spiro atoms. The summed E-state index contributed by atoms with van der Waals surface area (Å²) in [5.41, 5.74) is 0. The van der Waals surface area contributed by atoms with E-state index in [1.54, 1.807) is 0 Å². The Hall–Kier alpha value is -1.19. The summed E-state index contributed by atoms with van der Waals surface area (Å²) < 4.78 is 8.90. The summed E-state index contributed by atoms with van der Waals surface area (Å²) in [5, 5.41) is 7.97. The van der Waals surface area contributed by atoms with E-state index < -0.39 is 6.16 Å². The smallest absolute Gasteiger partial charge is 0.502 e. The third-order valence-corrected chi connectivity index (χ3v) is 0.662. The van der Waals surface area contributed by atoms with E-state index in [1.165, 1.54) is 12.3 Å². The fourth-order valence-corrected chi connectivity index (χ4v) is 0.323. The second kappa shape index (κ2) is 5.94. The summed E-state index contributed by atoms with van der Waals surface area (Å²) in [6.45, 7) is 2.45. The quantitative estimate of drug-likeness (QED) is 0.478.